The Labute approximate surface area is 285 Å². The Morgan fingerprint density at radius 1 is 0.898 bits per heavy atom. The van der Waals surface area contributed by atoms with Crippen LogP contribution in [0.4, 0.5) is 17.6 Å². The molecule has 1 aliphatic carbocycles. The van der Waals surface area contributed by atoms with Crippen LogP contribution in [-0.4, -0.2) is 84.5 Å². The Bertz CT molecular complexity index is 1790. The van der Waals surface area contributed by atoms with Gasteiger partial charge >= 0.3 is 0 Å². The zero-order valence-electron chi connectivity index (χ0n) is 27.6. The van der Waals surface area contributed by atoms with Crippen LogP contribution < -0.4 is 20.9 Å². The lowest BCUT2D eigenvalue weighted by atomic mass is 9.91. The average molecular weight is 662 g/mol. The highest BCUT2D eigenvalue weighted by molar-refractivity contribution is 5.84. The molecule has 2 aromatic carbocycles. The first-order chi connectivity index (χ1) is 24.0. The lowest BCUT2D eigenvalue weighted by Crippen LogP contribution is -2.42. The molecule has 7 rings (SSSR count). The molecule has 0 radical (unpaired) electrons. The van der Waals surface area contributed by atoms with E-state index in [2.05, 4.69) is 74.4 Å². The number of imidazole rings is 1. The summed E-state index contributed by atoms with van der Waals surface area (Å²) in [5, 5.41) is 32.1. The van der Waals surface area contributed by atoms with Gasteiger partial charge < -0.3 is 35.6 Å². The summed E-state index contributed by atoms with van der Waals surface area (Å²) in [7, 11) is 0. The summed E-state index contributed by atoms with van der Waals surface area (Å²) in [4.78, 5) is 33.6. The molecule has 1 aliphatic heterocycles. The zero-order valence-corrected chi connectivity index (χ0v) is 27.6. The number of fused-ring (bicyclic) bond motifs is 1. The van der Waals surface area contributed by atoms with Crippen molar-refractivity contribution in [3.63, 3.8) is 0 Å². The van der Waals surface area contributed by atoms with Crippen LogP contribution in [-0.2, 0) is 4.79 Å². The van der Waals surface area contributed by atoms with Crippen LogP contribution in [0.3, 0.4) is 0 Å². The minimum Gasteiger partial charge on any atom is -0.388 e. The van der Waals surface area contributed by atoms with E-state index in [1.807, 2.05) is 41.1 Å². The molecule has 4 atom stereocenters. The van der Waals surface area contributed by atoms with Crippen LogP contribution in [0.1, 0.15) is 55.7 Å². The first kappa shape index (κ1) is 32.5. The van der Waals surface area contributed by atoms with E-state index >= 15 is 0 Å². The summed E-state index contributed by atoms with van der Waals surface area (Å²) in [6.07, 6.45) is 3.65. The number of carbonyl (C=O) groups excluding carboxylic acids is 1. The maximum absolute atomic E-state index is 12.2. The number of nitrogens with one attached hydrogen (secondary N) is 3. The van der Waals surface area contributed by atoms with Crippen molar-refractivity contribution in [3.8, 4) is 0 Å². The van der Waals surface area contributed by atoms with E-state index in [1.54, 1.807) is 13.3 Å². The largest absolute Gasteiger partial charge is 0.388 e. The predicted molar refractivity (Wildman–Crippen MR) is 190 cm³/mol. The van der Waals surface area contributed by atoms with Gasteiger partial charge in [-0.1, -0.05) is 73.7 Å². The van der Waals surface area contributed by atoms with Crippen molar-refractivity contribution in [3.05, 3.63) is 103 Å². The fourth-order valence-corrected chi connectivity index (χ4v) is 7.06. The number of benzene rings is 2. The summed E-state index contributed by atoms with van der Waals surface area (Å²) in [5.74, 6) is 1.90. The summed E-state index contributed by atoms with van der Waals surface area (Å²) in [5.41, 5.74) is 3.47. The molecule has 2 aliphatic rings. The van der Waals surface area contributed by atoms with Crippen LogP contribution in [0, 0.1) is 0 Å². The Morgan fingerprint density at radius 3 is 2.24 bits per heavy atom. The SMILES string of the molecule is CCC(=O)N[C@H]1C[C@@H](n2cnc3c(NCC(c4ccccc4)c4ccccc4)nc(NC4CCN(c5ccccn5)CC4)nc32)[C@H](O)[C@@H]1O. The highest BCUT2D eigenvalue weighted by Gasteiger charge is 2.43. The molecule has 49 heavy (non-hydrogen) atoms. The van der Waals surface area contributed by atoms with Gasteiger partial charge in [-0.3, -0.25) is 4.79 Å². The highest BCUT2D eigenvalue weighted by Crippen LogP contribution is 2.35. The molecular weight excluding hydrogens is 618 g/mol. The average Bonchev–Trinajstić information content (AvgIpc) is 3.69. The van der Waals surface area contributed by atoms with E-state index in [-0.39, 0.29) is 17.9 Å². The van der Waals surface area contributed by atoms with E-state index < -0.39 is 24.3 Å². The van der Waals surface area contributed by atoms with Gasteiger partial charge in [0.05, 0.1) is 18.4 Å². The fourth-order valence-electron chi connectivity index (χ4n) is 7.06. The topological polar surface area (TPSA) is 153 Å². The molecule has 1 saturated heterocycles. The summed E-state index contributed by atoms with van der Waals surface area (Å²) in [6.45, 7) is 4.03. The van der Waals surface area contributed by atoms with Gasteiger partial charge in [-0.15, -0.1) is 0 Å². The van der Waals surface area contributed by atoms with Crippen molar-refractivity contribution in [1.82, 2.24) is 29.8 Å². The molecule has 12 nitrogen and oxygen atoms in total. The summed E-state index contributed by atoms with van der Waals surface area (Å²) in [6, 6.07) is 25.8. The van der Waals surface area contributed by atoms with Gasteiger partial charge in [-0.05, 0) is 42.5 Å². The van der Waals surface area contributed by atoms with Crippen LogP contribution in [0.5, 0.6) is 0 Å². The number of piperidine rings is 1. The van der Waals surface area contributed by atoms with Crippen LogP contribution in [0.15, 0.2) is 91.4 Å². The van der Waals surface area contributed by atoms with E-state index in [4.69, 9.17) is 15.0 Å². The predicted octanol–water partition coefficient (Wildman–Crippen LogP) is 4.11. The summed E-state index contributed by atoms with van der Waals surface area (Å²) >= 11 is 0. The number of amides is 1. The molecular formula is C37H43N9O3. The smallest absolute Gasteiger partial charge is 0.227 e. The molecule has 1 saturated carbocycles. The van der Waals surface area contributed by atoms with Gasteiger partial charge in [0.25, 0.3) is 0 Å². The zero-order chi connectivity index (χ0) is 33.7. The number of hydrogen-bond donors (Lipinski definition) is 5. The molecule has 12 heteroatoms. The molecule has 3 aromatic heterocycles. The Balaban J connectivity index is 1.19. The van der Waals surface area contributed by atoms with Crippen LogP contribution in [0.2, 0.25) is 0 Å². The van der Waals surface area contributed by atoms with Crippen molar-refractivity contribution in [2.24, 2.45) is 0 Å². The van der Waals surface area contributed by atoms with Gasteiger partial charge in [0.1, 0.15) is 18.0 Å². The molecule has 4 heterocycles. The second kappa shape index (κ2) is 14.6. The second-order valence-corrected chi connectivity index (χ2v) is 12.9. The van der Waals surface area contributed by atoms with Crippen LogP contribution in [0.25, 0.3) is 11.2 Å². The van der Waals surface area contributed by atoms with Crippen LogP contribution >= 0.6 is 0 Å². The maximum atomic E-state index is 12.2. The molecule has 0 spiro atoms. The number of carbonyl (C=O) groups is 1. The third-order valence-corrected chi connectivity index (χ3v) is 9.78. The van der Waals surface area contributed by atoms with Crippen molar-refractivity contribution in [2.75, 3.05) is 35.2 Å². The number of anilines is 3. The van der Waals surface area contributed by atoms with Gasteiger partial charge in [-0.25, -0.2) is 9.97 Å². The van der Waals surface area contributed by atoms with E-state index in [9.17, 15) is 15.0 Å². The quantitative estimate of drug-likeness (QED) is 0.140. The number of aliphatic hydroxyl groups excluding tert-OH is 2. The van der Waals surface area contributed by atoms with Crippen molar-refractivity contribution >= 4 is 34.7 Å². The van der Waals surface area contributed by atoms with Crippen molar-refractivity contribution in [2.45, 2.75) is 68.9 Å². The lowest BCUT2D eigenvalue weighted by Gasteiger charge is -2.33. The minimum atomic E-state index is -1.11. The number of aliphatic hydroxyl groups is 2. The number of hydrogen-bond acceptors (Lipinski definition) is 10. The molecule has 5 aromatic rings. The van der Waals surface area contributed by atoms with Gasteiger partial charge in [0.2, 0.25) is 11.9 Å². The fraction of sp³-hybridized carbons (Fsp3) is 0.378. The monoisotopic (exact) mass is 661 g/mol. The third-order valence-electron chi connectivity index (χ3n) is 9.78. The summed E-state index contributed by atoms with van der Waals surface area (Å²) < 4.78 is 1.81. The van der Waals surface area contributed by atoms with E-state index in [1.165, 1.54) is 11.1 Å². The van der Waals surface area contributed by atoms with Gasteiger partial charge in [0.15, 0.2) is 17.0 Å². The molecule has 5 N–H and O–H groups in total. The van der Waals surface area contributed by atoms with Crippen molar-refractivity contribution < 1.29 is 15.0 Å². The van der Waals surface area contributed by atoms with Gasteiger partial charge in [-0.2, -0.15) is 9.97 Å². The Kier molecular flexibility index (Phi) is 9.67. The molecule has 254 valence electrons. The molecule has 1 amide bonds. The van der Waals surface area contributed by atoms with Gasteiger partial charge in [0, 0.05) is 44.2 Å². The lowest BCUT2D eigenvalue weighted by molar-refractivity contribution is -0.122. The van der Waals surface area contributed by atoms with E-state index in [0.717, 1.165) is 31.7 Å². The first-order valence-corrected chi connectivity index (χ1v) is 17.1. The number of nitrogens with zero attached hydrogens (tertiary/aromatic N) is 6. The number of pyridine rings is 1. The molecule has 0 unspecified atom stereocenters. The molecule has 0 bridgehead atoms. The minimum absolute atomic E-state index is 0.0524. The molecule has 2 fully saturated rings. The van der Waals surface area contributed by atoms with E-state index in [0.29, 0.717) is 42.3 Å². The highest BCUT2D eigenvalue weighted by atomic mass is 16.3. The van der Waals surface area contributed by atoms with Crippen molar-refractivity contribution in [1.29, 1.82) is 0 Å². The Hall–Kier alpha value is -5.07. The first-order valence-electron chi connectivity index (χ1n) is 17.1. The maximum Gasteiger partial charge on any atom is 0.227 e. The Morgan fingerprint density at radius 2 is 1.59 bits per heavy atom. The normalized spacial score (nSPS) is 21.3. The third kappa shape index (κ3) is 7.06. The number of rotatable bonds is 11. The number of aromatic nitrogens is 5. The second-order valence-electron chi connectivity index (χ2n) is 12.9. The standard InChI is InChI=1S/C37H43N9O3/c1-2-31(47)42-28-21-29(34(49)33(28)48)46-23-40-32-35(39-22-27(24-11-5-3-6-12-24)25-13-7-4-8-14-25)43-37(44-36(32)46)41-26-16-19-45(20-17-26)30-15-9-10-18-38-30/h3-15,18,23,26-29,33-34,48-49H,2,16-17,19-22H2,1H3,(H,42,47)(H2,39,41,43,44)/t28-,29+,33+,34-/m0/s1.